The van der Waals surface area contributed by atoms with E-state index >= 15 is 0 Å². The van der Waals surface area contributed by atoms with Gasteiger partial charge in [0, 0.05) is 12.6 Å². The highest BCUT2D eigenvalue weighted by Crippen LogP contribution is 2.29. The first-order valence-corrected chi connectivity index (χ1v) is 6.43. The molecule has 2 rings (SSSR count). The molecule has 1 unspecified atom stereocenters. The van der Waals surface area contributed by atoms with Gasteiger partial charge in [-0.3, -0.25) is 9.69 Å². The van der Waals surface area contributed by atoms with Gasteiger partial charge in [0.2, 0.25) is 5.91 Å². The van der Waals surface area contributed by atoms with Crippen molar-refractivity contribution in [2.24, 2.45) is 5.73 Å². The smallest absolute Gasteiger partial charge is 0.240 e. The van der Waals surface area contributed by atoms with E-state index in [2.05, 4.69) is 17.1 Å². The third kappa shape index (κ3) is 2.38. The van der Waals surface area contributed by atoms with Gasteiger partial charge in [0.05, 0.1) is 5.54 Å². The Morgan fingerprint density at radius 1 is 1.38 bits per heavy atom. The lowest BCUT2D eigenvalue weighted by molar-refractivity contribution is -0.129. The number of hydrogen-bond donors (Lipinski definition) is 2. The van der Waals surface area contributed by atoms with Crippen LogP contribution in [0.5, 0.6) is 0 Å². The zero-order valence-corrected chi connectivity index (χ0v) is 10.2. The van der Waals surface area contributed by atoms with E-state index in [1.165, 1.54) is 25.9 Å². The third-order valence-electron chi connectivity index (χ3n) is 4.02. The van der Waals surface area contributed by atoms with Crippen LogP contribution in [0.4, 0.5) is 0 Å². The number of nitrogens with one attached hydrogen (secondary N) is 1. The predicted molar refractivity (Wildman–Crippen MR) is 64.0 cm³/mol. The van der Waals surface area contributed by atoms with E-state index in [1.54, 1.807) is 0 Å². The monoisotopic (exact) mass is 225 g/mol. The van der Waals surface area contributed by atoms with E-state index in [0.717, 1.165) is 25.8 Å². The van der Waals surface area contributed by atoms with Crippen molar-refractivity contribution in [1.29, 1.82) is 0 Å². The average molecular weight is 225 g/mol. The minimum Gasteiger partial charge on any atom is -0.353 e. The summed E-state index contributed by atoms with van der Waals surface area (Å²) in [5, 5.41) is 3.00. The highest BCUT2D eigenvalue weighted by molar-refractivity contribution is 5.87. The molecule has 1 heterocycles. The van der Waals surface area contributed by atoms with Crippen molar-refractivity contribution in [3.05, 3.63) is 0 Å². The molecule has 0 bridgehead atoms. The van der Waals surface area contributed by atoms with Crippen LogP contribution in [0.1, 0.15) is 39.0 Å². The number of nitrogens with zero attached hydrogens (tertiary/aromatic N) is 1. The van der Waals surface area contributed by atoms with E-state index in [-0.39, 0.29) is 5.91 Å². The van der Waals surface area contributed by atoms with Crippen LogP contribution >= 0.6 is 0 Å². The Hall–Kier alpha value is -0.610. The zero-order chi connectivity index (χ0) is 11.6. The molecule has 1 amide bonds. The maximum Gasteiger partial charge on any atom is 0.240 e. The minimum absolute atomic E-state index is 0.0461. The number of amides is 1. The zero-order valence-electron chi connectivity index (χ0n) is 10.2. The fourth-order valence-electron chi connectivity index (χ4n) is 2.51. The van der Waals surface area contributed by atoms with E-state index in [1.807, 2.05) is 0 Å². The van der Waals surface area contributed by atoms with Crippen molar-refractivity contribution in [3.8, 4) is 0 Å². The molecule has 1 aliphatic heterocycles. The van der Waals surface area contributed by atoms with Gasteiger partial charge in [-0.1, -0.05) is 0 Å². The highest BCUT2D eigenvalue weighted by Gasteiger charge is 2.40. The molecule has 0 radical (unpaired) electrons. The summed E-state index contributed by atoms with van der Waals surface area (Å²) in [6, 6.07) is 0.440. The van der Waals surface area contributed by atoms with Gasteiger partial charge in [-0.15, -0.1) is 0 Å². The molecule has 0 aromatic carbocycles. The lowest BCUT2D eigenvalue weighted by atomic mass is 9.77. The Bertz CT molecular complexity index is 257. The van der Waals surface area contributed by atoms with Gasteiger partial charge < -0.3 is 11.1 Å². The quantitative estimate of drug-likeness (QED) is 0.731. The second-order valence-corrected chi connectivity index (χ2v) is 5.31. The Morgan fingerprint density at radius 3 is 2.50 bits per heavy atom. The van der Waals surface area contributed by atoms with Gasteiger partial charge in [-0.25, -0.2) is 0 Å². The average Bonchev–Trinajstić information content (AvgIpc) is 2.75. The summed E-state index contributed by atoms with van der Waals surface area (Å²) in [4.78, 5) is 14.2. The highest BCUT2D eigenvalue weighted by atomic mass is 16.2. The van der Waals surface area contributed by atoms with Gasteiger partial charge in [0.25, 0.3) is 0 Å². The molecule has 0 spiro atoms. The first-order chi connectivity index (χ1) is 7.62. The molecule has 0 aromatic rings. The molecule has 4 heteroatoms. The maximum absolute atomic E-state index is 11.8. The van der Waals surface area contributed by atoms with Crippen molar-refractivity contribution in [2.75, 3.05) is 19.6 Å². The summed E-state index contributed by atoms with van der Waals surface area (Å²) in [5.74, 6) is 0.0461. The lowest BCUT2D eigenvalue weighted by Gasteiger charge is -2.37. The van der Waals surface area contributed by atoms with Crippen LogP contribution in [0.25, 0.3) is 0 Å². The first-order valence-electron chi connectivity index (χ1n) is 6.43. The van der Waals surface area contributed by atoms with Crippen LogP contribution in [0.15, 0.2) is 0 Å². The summed E-state index contributed by atoms with van der Waals surface area (Å²) in [7, 11) is 0. The molecule has 16 heavy (non-hydrogen) atoms. The van der Waals surface area contributed by atoms with Crippen molar-refractivity contribution in [3.63, 3.8) is 0 Å². The molecular weight excluding hydrogens is 202 g/mol. The molecule has 3 N–H and O–H groups in total. The number of carbonyl (C=O) groups is 1. The maximum atomic E-state index is 11.8. The Balaban J connectivity index is 1.72. The summed E-state index contributed by atoms with van der Waals surface area (Å²) in [6.45, 7) is 5.25. The Labute approximate surface area is 97.6 Å². The third-order valence-corrected chi connectivity index (χ3v) is 4.02. The van der Waals surface area contributed by atoms with Crippen LogP contribution in [-0.2, 0) is 4.79 Å². The second-order valence-electron chi connectivity index (χ2n) is 5.31. The van der Waals surface area contributed by atoms with Crippen LogP contribution in [0, 0.1) is 0 Å². The van der Waals surface area contributed by atoms with Crippen molar-refractivity contribution in [2.45, 2.75) is 50.6 Å². The Kier molecular flexibility index (Phi) is 3.50. The standard InChI is InChI=1S/C12H23N3O/c1-10(15-7-2-3-8-15)9-14-11(16)12(13)5-4-6-12/h10H,2-9,13H2,1H3,(H,14,16). The molecule has 1 saturated carbocycles. The summed E-state index contributed by atoms with van der Waals surface area (Å²) >= 11 is 0. The SMILES string of the molecule is CC(CNC(=O)C1(N)CCC1)N1CCCC1. The van der Waals surface area contributed by atoms with Gasteiger partial charge >= 0.3 is 0 Å². The molecule has 92 valence electrons. The topological polar surface area (TPSA) is 58.4 Å². The lowest BCUT2D eigenvalue weighted by Crippen LogP contribution is -2.59. The molecule has 4 nitrogen and oxygen atoms in total. The minimum atomic E-state index is -0.551. The van der Waals surface area contributed by atoms with Crippen LogP contribution in [0.3, 0.4) is 0 Å². The predicted octanol–water partition coefficient (Wildman–Crippen LogP) is 0.468. The Morgan fingerprint density at radius 2 is 2.00 bits per heavy atom. The van der Waals surface area contributed by atoms with Crippen LogP contribution < -0.4 is 11.1 Å². The van der Waals surface area contributed by atoms with Gasteiger partial charge in [-0.05, 0) is 52.1 Å². The number of hydrogen-bond acceptors (Lipinski definition) is 3. The fraction of sp³-hybridized carbons (Fsp3) is 0.917. The van der Waals surface area contributed by atoms with E-state index < -0.39 is 5.54 Å². The van der Waals surface area contributed by atoms with E-state index in [0.29, 0.717) is 6.04 Å². The van der Waals surface area contributed by atoms with Crippen molar-refractivity contribution in [1.82, 2.24) is 10.2 Å². The van der Waals surface area contributed by atoms with E-state index in [4.69, 9.17) is 5.73 Å². The van der Waals surface area contributed by atoms with Crippen molar-refractivity contribution < 1.29 is 4.79 Å². The van der Waals surface area contributed by atoms with E-state index in [9.17, 15) is 4.79 Å². The summed E-state index contributed by atoms with van der Waals surface area (Å²) in [5.41, 5.74) is 5.41. The summed E-state index contributed by atoms with van der Waals surface area (Å²) < 4.78 is 0. The first kappa shape index (κ1) is 11.9. The number of carbonyl (C=O) groups excluding carboxylic acids is 1. The number of rotatable bonds is 4. The molecule has 2 aliphatic rings. The van der Waals surface area contributed by atoms with Crippen LogP contribution in [-0.4, -0.2) is 42.0 Å². The van der Waals surface area contributed by atoms with Crippen molar-refractivity contribution >= 4 is 5.91 Å². The van der Waals surface area contributed by atoms with Gasteiger partial charge in [0.15, 0.2) is 0 Å². The normalized spacial score (nSPS) is 26.1. The summed E-state index contributed by atoms with van der Waals surface area (Å²) in [6.07, 6.45) is 5.36. The second kappa shape index (κ2) is 4.72. The van der Waals surface area contributed by atoms with Gasteiger partial charge in [-0.2, -0.15) is 0 Å². The molecule has 1 atom stereocenters. The molecule has 0 aromatic heterocycles. The van der Waals surface area contributed by atoms with Crippen LogP contribution in [0.2, 0.25) is 0 Å². The molecule has 1 saturated heterocycles. The fourth-order valence-corrected chi connectivity index (χ4v) is 2.51. The molecular formula is C12H23N3O. The largest absolute Gasteiger partial charge is 0.353 e. The molecule has 1 aliphatic carbocycles. The molecule has 2 fully saturated rings. The van der Waals surface area contributed by atoms with Gasteiger partial charge in [0.1, 0.15) is 0 Å². The number of likely N-dealkylation sites (tertiary alicyclic amines) is 1. The number of nitrogens with two attached hydrogens (primary N) is 1.